The van der Waals surface area contributed by atoms with Gasteiger partial charge in [0.2, 0.25) is 10.0 Å². The summed E-state index contributed by atoms with van der Waals surface area (Å²) in [6, 6.07) is 18.2. The molecule has 0 aliphatic carbocycles. The fourth-order valence-electron chi connectivity index (χ4n) is 4.62. The summed E-state index contributed by atoms with van der Waals surface area (Å²) in [6.07, 6.45) is 7.43. The second-order valence-electron chi connectivity index (χ2n) is 9.01. The normalized spacial score (nSPS) is 14.8. The van der Waals surface area contributed by atoms with E-state index in [0.29, 0.717) is 5.75 Å². The summed E-state index contributed by atoms with van der Waals surface area (Å²) in [5.74, 6) is 1.48. The molecule has 1 saturated heterocycles. The standard InChI is InChI=1S/C27H34N4O3S/c1-34-26-12-11-22(19-23(26)20-31(35(2,32)33)24-13-16-28-17-14-24)25-15-18-29-27(30-25)10-6-9-21-7-4-3-5-8-21/h3-5,7-8,11-12,15,18-19,24,28H,6,9-10,13-14,16-17,20H2,1-2H3. The monoisotopic (exact) mass is 494 g/mol. The molecule has 0 atom stereocenters. The van der Waals surface area contributed by atoms with Crippen LogP contribution in [-0.2, 0) is 29.4 Å². The molecule has 3 aromatic rings. The summed E-state index contributed by atoms with van der Waals surface area (Å²) >= 11 is 0. The van der Waals surface area contributed by atoms with Gasteiger partial charge in [0, 0.05) is 36.3 Å². The van der Waals surface area contributed by atoms with Crippen LogP contribution in [0.5, 0.6) is 5.75 Å². The van der Waals surface area contributed by atoms with E-state index in [1.165, 1.54) is 11.8 Å². The number of piperidine rings is 1. The minimum absolute atomic E-state index is 0.0186. The van der Waals surface area contributed by atoms with Crippen molar-refractivity contribution in [2.24, 2.45) is 0 Å². The number of hydrogen-bond acceptors (Lipinski definition) is 6. The van der Waals surface area contributed by atoms with Crippen LogP contribution >= 0.6 is 0 Å². The first-order chi connectivity index (χ1) is 16.9. The molecule has 8 heteroatoms. The van der Waals surface area contributed by atoms with Gasteiger partial charge in [0.05, 0.1) is 19.1 Å². The molecule has 35 heavy (non-hydrogen) atoms. The van der Waals surface area contributed by atoms with Gasteiger partial charge >= 0.3 is 0 Å². The van der Waals surface area contributed by atoms with Gasteiger partial charge in [-0.25, -0.2) is 18.4 Å². The van der Waals surface area contributed by atoms with Crippen molar-refractivity contribution >= 4 is 10.0 Å². The molecular weight excluding hydrogens is 460 g/mol. The quantitative estimate of drug-likeness (QED) is 0.461. The minimum Gasteiger partial charge on any atom is -0.496 e. The largest absolute Gasteiger partial charge is 0.496 e. The molecule has 2 heterocycles. The van der Waals surface area contributed by atoms with E-state index in [9.17, 15) is 8.42 Å². The van der Waals surface area contributed by atoms with Gasteiger partial charge in [0.25, 0.3) is 0 Å². The van der Waals surface area contributed by atoms with Gasteiger partial charge < -0.3 is 10.1 Å². The summed E-state index contributed by atoms with van der Waals surface area (Å²) in [7, 11) is -1.77. The van der Waals surface area contributed by atoms with Crippen LogP contribution in [0.15, 0.2) is 60.8 Å². The van der Waals surface area contributed by atoms with Gasteiger partial charge in [-0.2, -0.15) is 4.31 Å². The highest BCUT2D eigenvalue weighted by Gasteiger charge is 2.29. The highest BCUT2D eigenvalue weighted by atomic mass is 32.2. The average Bonchev–Trinajstić information content (AvgIpc) is 2.88. The van der Waals surface area contributed by atoms with Crippen molar-refractivity contribution in [3.63, 3.8) is 0 Å². The third-order valence-electron chi connectivity index (χ3n) is 6.46. The lowest BCUT2D eigenvalue weighted by molar-refractivity contribution is 0.255. The van der Waals surface area contributed by atoms with Gasteiger partial charge in [-0.3, -0.25) is 0 Å². The summed E-state index contributed by atoms with van der Waals surface area (Å²) in [4.78, 5) is 9.26. The van der Waals surface area contributed by atoms with E-state index in [0.717, 1.165) is 67.8 Å². The first kappa shape index (κ1) is 25.3. The van der Waals surface area contributed by atoms with Gasteiger partial charge in [-0.05, 0) is 68.6 Å². The molecule has 0 bridgehead atoms. The molecule has 0 amide bonds. The third-order valence-corrected chi connectivity index (χ3v) is 7.74. The van der Waals surface area contributed by atoms with Crippen molar-refractivity contribution in [2.75, 3.05) is 26.5 Å². The SMILES string of the molecule is COc1ccc(-c2ccnc(CCCc3ccccc3)n2)cc1CN(C1CCNCC1)S(C)(=O)=O. The van der Waals surface area contributed by atoms with E-state index in [2.05, 4.69) is 34.6 Å². The van der Waals surface area contributed by atoms with Crippen molar-refractivity contribution in [2.45, 2.75) is 44.7 Å². The number of sulfonamides is 1. The molecule has 4 rings (SSSR count). The Hall–Kier alpha value is -2.81. The first-order valence-corrected chi connectivity index (χ1v) is 14.0. The molecule has 0 radical (unpaired) electrons. The zero-order valence-electron chi connectivity index (χ0n) is 20.5. The van der Waals surface area contributed by atoms with Crippen molar-refractivity contribution in [1.29, 1.82) is 0 Å². The zero-order chi connectivity index (χ0) is 24.7. The molecule has 1 N–H and O–H groups in total. The van der Waals surface area contributed by atoms with Gasteiger partial charge in [-0.1, -0.05) is 30.3 Å². The fourth-order valence-corrected chi connectivity index (χ4v) is 5.74. The Labute approximate surface area is 208 Å². The van der Waals surface area contributed by atoms with Crippen molar-refractivity contribution in [3.05, 3.63) is 77.7 Å². The van der Waals surface area contributed by atoms with Crippen LogP contribution < -0.4 is 10.1 Å². The highest BCUT2D eigenvalue weighted by Crippen LogP contribution is 2.29. The van der Waals surface area contributed by atoms with Crippen LogP contribution in [-0.4, -0.2) is 55.2 Å². The maximum atomic E-state index is 12.7. The second-order valence-corrected chi connectivity index (χ2v) is 10.9. The molecule has 1 aliphatic heterocycles. The molecule has 0 spiro atoms. The molecule has 0 unspecified atom stereocenters. The first-order valence-electron chi connectivity index (χ1n) is 12.1. The molecule has 1 fully saturated rings. The Balaban J connectivity index is 1.53. The third kappa shape index (κ3) is 6.87. The summed E-state index contributed by atoms with van der Waals surface area (Å²) < 4.78 is 32.6. The Morgan fingerprint density at radius 3 is 2.54 bits per heavy atom. The van der Waals surface area contributed by atoms with E-state index in [1.54, 1.807) is 17.6 Å². The number of nitrogens with zero attached hydrogens (tertiary/aromatic N) is 3. The molecular formula is C27H34N4O3S. The molecule has 1 aliphatic rings. The summed E-state index contributed by atoms with van der Waals surface area (Å²) in [6.45, 7) is 1.92. The molecule has 2 aromatic carbocycles. The number of hydrogen-bond donors (Lipinski definition) is 1. The van der Waals surface area contributed by atoms with Crippen molar-refractivity contribution < 1.29 is 13.2 Å². The smallest absolute Gasteiger partial charge is 0.211 e. The molecule has 1 aromatic heterocycles. The molecule has 0 saturated carbocycles. The van der Waals surface area contributed by atoms with Gasteiger partial charge in [0.15, 0.2) is 0 Å². The molecule has 186 valence electrons. The highest BCUT2D eigenvalue weighted by molar-refractivity contribution is 7.88. The summed E-state index contributed by atoms with van der Waals surface area (Å²) in [5, 5.41) is 3.31. The van der Waals surface area contributed by atoms with Crippen molar-refractivity contribution in [1.82, 2.24) is 19.6 Å². The van der Waals surface area contributed by atoms with Crippen LogP contribution in [0, 0.1) is 0 Å². The minimum atomic E-state index is -3.38. The molecule has 7 nitrogen and oxygen atoms in total. The fraction of sp³-hybridized carbons (Fsp3) is 0.407. The average molecular weight is 495 g/mol. The predicted molar refractivity (Wildman–Crippen MR) is 139 cm³/mol. The maximum Gasteiger partial charge on any atom is 0.211 e. The van der Waals surface area contributed by atoms with Crippen molar-refractivity contribution in [3.8, 4) is 17.0 Å². The number of benzene rings is 2. The van der Waals surface area contributed by atoms with Crippen LogP contribution in [0.1, 0.15) is 36.2 Å². The number of aromatic nitrogens is 2. The van der Waals surface area contributed by atoms with Gasteiger partial charge in [0.1, 0.15) is 11.6 Å². The van der Waals surface area contributed by atoms with E-state index in [4.69, 9.17) is 9.72 Å². The Morgan fingerprint density at radius 2 is 1.83 bits per heavy atom. The topological polar surface area (TPSA) is 84.4 Å². The Morgan fingerprint density at radius 1 is 1.06 bits per heavy atom. The van der Waals surface area contributed by atoms with Crippen LogP contribution in [0.3, 0.4) is 0 Å². The van der Waals surface area contributed by atoms with Crippen LogP contribution in [0.2, 0.25) is 0 Å². The zero-order valence-corrected chi connectivity index (χ0v) is 21.3. The van der Waals surface area contributed by atoms with E-state index in [1.807, 2.05) is 30.3 Å². The van der Waals surface area contributed by atoms with Gasteiger partial charge in [-0.15, -0.1) is 0 Å². The number of rotatable bonds is 10. The van der Waals surface area contributed by atoms with E-state index in [-0.39, 0.29) is 12.6 Å². The summed E-state index contributed by atoms with van der Waals surface area (Å²) in [5.41, 5.74) is 3.89. The van der Waals surface area contributed by atoms with Crippen LogP contribution in [0.4, 0.5) is 0 Å². The maximum absolute atomic E-state index is 12.7. The lowest BCUT2D eigenvalue weighted by Crippen LogP contribution is -2.45. The number of nitrogens with one attached hydrogen (secondary N) is 1. The Bertz CT molecular complexity index is 1210. The number of aryl methyl sites for hydroxylation is 2. The van der Waals surface area contributed by atoms with E-state index < -0.39 is 10.0 Å². The van der Waals surface area contributed by atoms with Crippen LogP contribution in [0.25, 0.3) is 11.3 Å². The number of ether oxygens (including phenoxy) is 1. The van der Waals surface area contributed by atoms with E-state index >= 15 is 0 Å². The predicted octanol–water partition coefficient (Wildman–Crippen LogP) is 3.84. The number of methoxy groups -OCH3 is 1. The Kier molecular flexibility index (Phi) is 8.49. The lowest BCUT2D eigenvalue weighted by Gasteiger charge is -2.33. The lowest BCUT2D eigenvalue weighted by atomic mass is 10.0. The second kappa shape index (κ2) is 11.7.